The zero-order valence-corrected chi connectivity index (χ0v) is 20.7. The minimum atomic E-state index is -0.345. The number of carbonyl (C=O) groups is 2. The van der Waals surface area contributed by atoms with Gasteiger partial charge < -0.3 is 9.84 Å². The Labute approximate surface area is 196 Å². The van der Waals surface area contributed by atoms with Gasteiger partial charge in [-0.05, 0) is 97.4 Å². The third-order valence-electron chi connectivity index (χ3n) is 4.57. The van der Waals surface area contributed by atoms with Crippen LogP contribution in [0.4, 0.5) is 4.79 Å². The van der Waals surface area contributed by atoms with E-state index in [9.17, 15) is 14.7 Å². The molecule has 8 heteroatoms. The number of aromatic hydroxyl groups is 1. The summed E-state index contributed by atoms with van der Waals surface area (Å²) in [6, 6.07) is 9.43. The molecular weight excluding hydrogens is 534 g/mol. The summed E-state index contributed by atoms with van der Waals surface area (Å²) < 4.78 is 6.91. The molecule has 2 amide bonds. The van der Waals surface area contributed by atoms with Crippen molar-refractivity contribution in [3.8, 4) is 11.5 Å². The first-order valence-corrected chi connectivity index (χ1v) is 11.7. The molecule has 0 aromatic heterocycles. The van der Waals surface area contributed by atoms with E-state index in [1.54, 1.807) is 18.2 Å². The predicted octanol–water partition coefficient (Wildman–Crippen LogP) is 6.46. The van der Waals surface area contributed by atoms with Gasteiger partial charge in [-0.25, -0.2) is 0 Å². The summed E-state index contributed by atoms with van der Waals surface area (Å²) in [5, 5.41) is 9.51. The molecule has 3 rings (SSSR count). The number of phenols is 1. The van der Waals surface area contributed by atoms with Crippen LogP contribution in [0, 0.1) is 6.92 Å². The lowest BCUT2D eigenvalue weighted by molar-refractivity contribution is -0.123. The summed E-state index contributed by atoms with van der Waals surface area (Å²) in [5.41, 5.74) is 2.88. The molecule has 2 aromatic rings. The number of nitrogens with zero attached hydrogens (tertiary/aromatic N) is 1. The lowest BCUT2D eigenvalue weighted by Gasteiger charge is -2.17. The number of phenolic OH excluding ortho intramolecular Hbond substituents is 1. The smallest absolute Gasteiger partial charge is 0.293 e. The first kappa shape index (κ1) is 22.9. The van der Waals surface area contributed by atoms with Crippen molar-refractivity contribution in [2.45, 2.75) is 26.7 Å². The van der Waals surface area contributed by atoms with Gasteiger partial charge in [-0.15, -0.1) is 0 Å². The Morgan fingerprint density at radius 2 is 1.83 bits per heavy atom. The lowest BCUT2D eigenvalue weighted by atomic mass is 10.0. The molecule has 1 fully saturated rings. The van der Waals surface area contributed by atoms with Crippen LogP contribution in [0.1, 0.15) is 36.5 Å². The zero-order valence-electron chi connectivity index (χ0n) is 16.7. The maximum absolute atomic E-state index is 12.7. The summed E-state index contributed by atoms with van der Waals surface area (Å²) in [6.45, 7) is 6.59. The summed E-state index contributed by atoms with van der Waals surface area (Å²) in [5.74, 6) is 0.826. The highest BCUT2D eigenvalue weighted by atomic mass is 79.9. The summed E-state index contributed by atoms with van der Waals surface area (Å²) in [6.07, 6.45) is 1.64. The number of hydrogen-bond acceptors (Lipinski definition) is 5. The van der Waals surface area contributed by atoms with Gasteiger partial charge in [0.15, 0.2) is 0 Å². The average molecular weight is 555 g/mol. The van der Waals surface area contributed by atoms with Crippen molar-refractivity contribution >= 4 is 60.8 Å². The molecule has 2 aromatic carbocycles. The normalized spacial score (nSPS) is 15.5. The van der Waals surface area contributed by atoms with Crippen LogP contribution in [-0.2, 0) is 4.79 Å². The number of rotatable bonds is 6. The number of aryl methyl sites for hydroxylation is 1. The first-order valence-electron chi connectivity index (χ1n) is 9.34. The molecule has 1 N–H and O–H groups in total. The van der Waals surface area contributed by atoms with Crippen molar-refractivity contribution in [1.29, 1.82) is 0 Å². The van der Waals surface area contributed by atoms with Crippen molar-refractivity contribution in [1.82, 2.24) is 4.90 Å². The van der Waals surface area contributed by atoms with E-state index in [-0.39, 0.29) is 30.0 Å². The maximum atomic E-state index is 12.7. The molecule has 1 aliphatic heterocycles. The number of imide groups is 1. The van der Waals surface area contributed by atoms with E-state index in [2.05, 4.69) is 45.7 Å². The second-order valence-electron chi connectivity index (χ2n) is 7.21. The van der Waals surface area contributed by atoms with Crippen LogP contribution in [0.25, 0.3) is 6.08 Å². The molecule has 1 aliphatic rings. The average Bonchev–Trinajstić information content (AvgIpc) is 2.93. The fraction of sp³-hybridized carbons (Fsp3) is 0.273. The summed E-state index contributed by atoms with van der Waals surface area (Å²) in [7, 11) is 0. The van der Waals surface area contributed by atoms with Gasteiger partial charge in [-0.2, -0.15) is 0 Å². The molecule has 0 unspecified atom stereocenters. The SMILES string of the molecule is Cc1ccc(C(C)C)c(OCCN2C(=O)S/C(=C\c3cc(Br)c(O)c(Br)c3)C2=O)c1. The van der Waals surface area contributed by atoms with Crippen LogP contribution in [0.15, 0.2) is 44.2 Å². The molecule has 0 radical (unpaired) electrons. The molecule has 0 atom stereocenters. The minimum absolute atomic E-state index is 0.0781. The highest BCUT2D eigenvalue weighted by Gasteiger charge is 2.34. The Morgan fingerprint density at radius 1 is 1.17 bits per heavy atom. The van der Waals surface area contributed by atoms with Gasteiger partial charge in [0.2, 0.25) is 0 Å². The highest BCUT2D eigenvalue weighted by molar-refractivity contribution is 9.11. The second kappa shape index (κ2) is 9.58. The Bertz CT molecular complexity index is 1010. The number of amides is 2. The Morgan fingerprint density at radius 3 is 2.47 bits per heavy atom. The number of carbonyl (C=O) groups excluding carboxylic acids is 2. The third kappa shape index (κ3) is 5.10. The van der Waals surface area contributed by atoms with Crippen molar-refractivity contribution in [3.05, 3.63) is 60.9 Å². The molecule has 0 bridgehead atoms. The number of halogens is 2. The second-order valence-corrected chi connectivity index (χ2v) is 9.91. The van der Waals surface area contributed by atoms with E-state index < -0.39 is 0 Å². The van der Waals surface area contributed by atoms with Crippen LogP contribution >= 0.6 is 43.6 Å². The number of ether oxygens (including phenoxy) is 1. The van der Waals surface area contributed by atoms with Gasteiger partial charge >= 0.3 is 0 Å². The number of thioether (sulfide) groups is 1. The van der Waals surface area contributed by atoms with Crippen LogP contribution in [0.5, 0.6) is 11.5 Å². The molecule has 0 spiro atoms. The van der Waals surface area contributed by atoms with Crippen molar-refractivity contribution in [3.63, 3.8) is 0 Å². The molecule has 0 aliphatic carbocycles. The first-order chi connectivity index (χ1) is 14.2. The van der Waals surface area contributed by atoms with E-state index >= 15 is 0 Å². The fourth-order valence-corrected chi connectivity index (χ4v) is 5.09. The largest absolute Gasteiger partial charge is 0.506 e. The number of hydrogen-bond donors (Lipinski definition) is 1. The Balaban J connectivity index is 1.70. The minimum Gasteiger partial charge on any atom is -0.506 e. The molecular formula is C22H21Br2NO4S. The van der Waals surface area contributed by atoms with E-state index in [1.807, 2.05) is 25.1 Å². The Hall–Kier alpha value is -1.77. The lowest BCUT2D eigenvalue weighted by Crippen LogP contribution is -2.32. The molecule has 1 saturated heterocycles. The standard InChI is InChI=1S/C22H21Br2NO4S/c1-12(2)15-5-4-13(3)8-18(15)29-7-6-25-21(27)19(30-22(25)28)11-14-9-16(23)20(26)17(24)10-14/h4-5,8-12,26H,6-7H2,1-3H3/b19-11-. The van der Waals surface area contributed by atoms with E-state index in [1.165, 1.54) is 4.90 Å². The van der Waals surface area contributed by atoms with Gasteiger partial charge in [0.1, 0.15) is 18.1 Å². The maximum Gasteiger partial charge on any atom is 0.293 e. The Kier molecular flexibility index (Phi) is 7.31. The van der Waals surface area contributed by atoms with Gasteiger partial charge in [-0.3, -0.25) is 14.5 Å². The topological polar surface area (TPSA) is 66.8 Å². The van der Waals surface area contributed by atoms with Crippen LogP contribution in [0.2, 0.25) is 0 Å². The molecule has 0 saturated carbocycles. The number of benzene rings is 2. The predicted molar refractivity (Wildman–Crippen MR) is 127 cm³/mol. The van der Waals surface area contributed by atoms with Crippen molar-refractivity contribution in [2.75, 3.05) is 13.2 Å². The quantitative estimate of drug-likeness (QED) is 0.415. The molecule has 5 nitrogen and oxygen atoms in total. The fourth-order valence-electron chi connectivity index (χ4n) is 3.00. The van der Waals surface area contributed by atoms with Crippen LogP contribution in [-0.4, -0.2) is 34.3 Å². The van der Waals surface area contributed by atoms with Crippen molar-refractivity contribution in [2.24, 2.45) is 0 Å². The van der Waals surface area contributed by atoms with Crippen LogP contribution in [0.3, 0.4) is 0 Å². The van der Waals surface area contributed by atoms with Gasteiger partial charge in [0.05, 0.1) is 20.4 Å². The zero-order chi connectivity index (χ0) is 22.0. The van der Waals surface area contributed by atoms with E-state index in [4.69, 9.17) is 4.74 Å². The van der Waals surface area contributed by atoms with E-state index in [0.29, 0.717) is 25.3 Å². The summed E-state index contributed by atoms with van der Waals surface area (Å²) in [4.78, 5) is 26.6. The van der Waals surface area contributed by atoms with E-state index in [0.717, 1.165) is 28.6 Å². The molecule has 30 heavy (non-hydrogen) atoms. The van der Waals surface area contributed by atoms with Gasteiger partial charge in [-0.1, -0.05) is 26.0 Å². The third-order valence-corrected chi connectivity index (χ3v) is 6.69. The molecule has 158 valence electrons. The van der Waals surface area contributed by atoms with Crippen LogP contribution < -0.4 is 4.74 Å². The van der Waals surface area contributed by atoms with Crippen molar-refractivity contribution < 1.29 is 19.4 Å². The highest BCUT2D eigenvalue weighted by Crippen LogP contribution is 2.37. The monoisotopic (exact) mass is 553 g/mol. The summed E-state index contributed by atoms with van der Waals surface area (Å²) >= 11 is 7.43. The van der Waals surface area contributed by atoms with Gasteiger partial charge in [0.25, 0.3) is 11.1 Å². The van der Waals surface area contributed by atoms with Gasteiger partial charge in [0, 0.05) is 0 Å². The molecule has 1 heterocycles.